The maximum atomic E-state index is 14.0. The first kappa shape index (κ1) is 14.2. The molecule has 3 rings (SSSR count). The first-order chi connectivity index (χ1) is 10.1. The van der Waals surface area contributed by atoms with Crippen LogP contribution in [0.1, 0.15) is 35.8 Å². The highest BCUT2D eigenvalue weighted by Crippen LogP contribution is 2.37. The molecule has 0 amide bonds. The average molecular weight is 285 g/mol. The molecular weight excluding hydrogens is 265 g/mol. The lowest BCUT2D eigenvalue weighted by atomic mass is 10.0. The minimum Gasteiger partial charge on any atom is -0.387 e. The van der Waals surface area contributed by atoms with E-state index in [1.54, 1.807) is 6.07 Å². The normalized spacial score (nSPS) is 22.3. The molecule has 2 aromatic carbocycles. The number of hydrogen-bond donors (Lipinski definition) is 1. The standard InChI is InChI=1S/C18H20FNO/c1-12(14-8-5-6-10-16(14)19)20(2)17-11-13-7-3-4-9-15(13)18(17)21/h3-10,12,17-18,21H,11H2,1-2H3. The van der Waals surface area contributed by atoms with E-state index in [1.807, 2.05) is 44.3 Å². The summed E-state index contributed by atoms with van der Waals surface area (Å²) in [7, 11) is 1.96. The minimum absolute atomic E-state index is 0.0167. The van der Waals surface area contributed by atoms with E-state index in [-0.39, 0.29) is 17.9 Å². The Morgan fingerprint density at radius 3 is 2.52 bits per heavy atom. The molecular formula is C18H20FNO. The van der Waals surface area contributed by atoms with Crippen molar-refractivity contribution in [2.24, 2.45) is 0 Å². The van der Waals surface area contributed by atoms with Crippen molar-refractivity contribution in [3.63, 3.8) is 0 Å². The number of aliphatic hydroxyl groups excluding tert-OH is 1. The van der Waals surface area contributed by atoms with E-state index in [9.17, 15) is 9.50 Å². The van der Waals surface area contributed by atoms with Gasteiger partial charge in [-0.3, -0.25) is 4.90 Å². The minimum atomic E-state index is -0.513. The van der Waals surface area contributed by atoms with Crippen LogP contribution >= 0.6 is 0 Å². The van der Waals surface area contributed by atoms with E-state index in [0.717, 1.165) is 12.0 Å². The van der Waals surface area contributed by atoms with Crippen molar-refractivity contribution in [3.8, 4) is 0 Å². The second-order valence-electron chi connectivity index (χ2n) is 5.78. The van der Waals surface area contributed by atoms with Gasteiger partial charge in [0, 0.05) is 17.6 Å². The zero-order valence-corrected chi connectivity index (χ0v) is 12.3. The maximum absolute atomic E-state index is 14.0. The van der Waals surface area contributed by atoms with Crippen molar-refractivity contribution in [3.05, 3.63) is 71.0 Å². The predicted octanol–water partition coefficient (Wildman–Crippen LogP) is 3.48. The van der Waals surface area contributed by atoms with Crippen LogP contribution in [0.2, 0.25) is 0 Å². The van der Waals surface area contributed by atoms with E-state index in [4.69, 9.17) is 0 Å². The molecule has 2 nitrogen and oxygen atoms in total. The fraction of sp³-hybridized carbons (Fsp3) is 0.333. The highest BCUT2D eigenvalue weighted by molar-refractivity contribution is 5.36. The Labute approximate surface area is 124 Å². The Kier molecular flexibility index (Phi) is 3.79. The van der Waals surface area contributed by atoms with Gasteiger partial charge in [-0.2, -0.15) is 0 Å². The van der Waals surface area contributed by atoms with Crippen LogP contribution in [-0.2, 0) is 6.42 Å². The summed E-state index contributed by atoms with van der Waals surface area (Å²) in [6.07, 6.45) is 0.285. The van der Waals surface area contributed by atoms with Crippen LogP contribution in [0.4, 0.5) is 4.39 Å². The van der Waals surface area contributed by atoms with Gasteiger partial charge in [0.25, 0.3) is 0 Å². The Balaban J connectivity index is 1.84. The molecule has 0 aromatic heterocycles. The lowest BCUT2D eigenvalue weighted by molar-refractivity contribution is 0.0546. The van der Waals surface area contributed by atoms with Gasteiger partial charge in [-0.05, 0) is 37.6 Å². The molecule has 0 bridgehead atoms. The molecule has 0 saturated carbocycles. The number of nitrogens with zero attached hydrogens (tertiary/aromatic N) is 1. The highest BCUT2D eigenvalue weighted by atomic mass is 19.1. The Bertz CT molecular complexity index is 643. The highest BCUT2D eigenvalue weighted by Gasteiger charge is 2.35. The largest absolute Gasteiger partial charge is 0.387 e. The van der Waals surface area contributed by atoms with Gasteiger partial charge >= 0.3 is 0 Å². The number of likely N-dealkylation sites (N-methyl/N-ethyl adjacent to an activating group) is 1. The number of hydrogen-bond acceptors (Lipinski definition) is 2. The lowest BCUT2D eigenvalue weighted by Gasteiger charge is -2.33. The molecule has 3 heteroatoms. The van der Waals surface area contributed by atoms with Gasteiger partial charge in [0.15, 0.2) is 0 Å². The Morgan fingerprint density at radius 2 is 1.81 bits per heavy atom. The van der Waals surface area contributed by atoms with Gasteiger partial charge in [-0.1, -0.05) is 42.5 Å². The number of rotatable bonds is 3. The summed E-state index contributed by atoms with van der Waals surface area (Å²) < 4.78 is 14.0. The molecule has 110 valence electrons. The summed E-state index contributed by atoms with van der Waals surface area (Å²) in [4.78, 5) is 2.07. The number of aliphatic hydroxyl groups is 1. The molecule has 2 aromatic rings. The summed E-state index contributed by atoms with van der Waals surface area (Å²) in [6.45, 7) is 1.98. The van der Waals surface area contributed by atoms with Gasteiger partial charge in [0.05, 0.1) is 6.10 Å². The van der Waals surface area contributed by atoms with Crippen LogP contribution in [0, 0.1) is 5.82 Å². The molecule has 3 unspecified atom stereocenters. The zero-order chi connectivity index (χ0) is 15.0. The van der Waals surface area contributed by atoms with E-state index in [0.29, 0.717) is 5.56 Å². The van der Waals surface area contributed by atoms with Crippen LogP contribution < -0.4 is 0 Å². The first-order valence-electron chi connectivity index (χ1n) is 7.32. The van der Waals surface area contributed by atoms with E-state index in [2.05, 4.69) is 11.0 Å². The monoisotopic (exact) mass is 285 g/mol. The first-order valence-corrected chi connectivity index (χ1v) is 7.32. The van der Waals surface area contributed by atoms with Gasteiger partial charge in [0.1, 0.15) is 5.82 Å². The van der Waals surface area contributed by atoms with Gasteiger partial charge in [-0.15, -0.1) is 0 Å². The third-order valence-electron chi connectivity index (χ3n) is 4.66. The Hall–Kier alpha value is -1.71. The van der Waals surface area contributed by atoms with Gasteiger partial charge in [0.2, 0.25) is 0 Å². The van der Waals surface area contributed by atoms with E-state index in [1.165, 1.54) is 11.6 Å². The van der Waals surface area contributed by atoms with E-state index >= 15 is 0 Å². The molecule has 0 fully saturated rings. The van der Waals surface area contributed by atoms with Gasteiger partial charge in [-0.25, -0.2) is 4.39 Å². The second-order valence-corrected chi connectivity index (χ2v) is 5.78. The SMILES string of the molecule is CC(c1ccccc1F)N(C)C1Cc2ccccc2C1O. The fourth-order valence-electron chi connectivity index (χ4n) is 3.24. The summed E-state index contributed by atoms with van der Waals surface area (Å²) >= 11 is 0. The summed E-state index contributed by atoms with van der Waals surface area (Å²) in [5.74, 6) is -0.193. The zero-order valence-electron chi connectivity index (χ0n) is 12.3. The quantitative estimate of drug-likeness (QED) is 0.933. The topological polar surface area (TPSA) is 23.5 Å². The van der Waals surface area contributed by atoms with Crippen molar-refractivity contribution in [2.75, 3.05) is 7.05 Å². The third kappa shape index (κ3) is 2.47. The molecule has 0 radical (unpaired) electrons. The average Bonchev–Trinajstić information content (AvgIpc) is 2.84. The Morgan fingerprint density at radius 1 is 1.14 bits per heavy atom. The van der Waals surface area contributed by atoms with Crippen molar-refractivity contribution in [1.82, 2.24) is 4.90 Å². The van der Waals surface area contributed by atoms with Crippen molar-refractivity contribution < 1.29 is 9.50 Å². The van der Waals surface area contributed by atoms with Crippen molar-refractivity contribution in [1.29, 1.82) is 0 Å². The molecule has 1 aliphatic rings. The van der Waals surface area contributed by atoms with Crippen molar-refractivity contribution >= 4 is 0 Å². The van der Waals surface area contributed by atoms with Crippen LogP contribution in [0.15, 0.2) is 48.5 Å². The predicted molar refractivity (Wildman–Crippen MR) is 81.5 cm³/mol. The van der Waals surface area contributed by atoms with Crippen LogP contribution in [0.3, 0.4) is 0 Å². The van der Waals surface area contributed by atoms with Crippen LogP contribution in [0.25, 0.3) is 0 Å². The smallest absolute Gasteiger partial charge is 0.127 e. The molecule has 1 aliphatic carbocycles. The van der Waals surface area contributed by atoms with E-state index < -0.39 is 6.10 Å². The van der Waals surface area contributed by atoms with Crippen LogP contribution in [-0.4, -0.2) is 23.1 Å². The summed E-state index contributed by atoms with van der Waals surface area (Å²) in [5, 5.41) is 10.5. The molecule has 1 N–H and O–H groups in total. The molecule has 0 saturated heterocycles. The number of halogens is 1. The second kappa shape index (κ2) is 5.58. The molecule has 0 spiro atoms. The number of fused-ring (bicyclic) bond motifs is 1. The fourth-order valence-corrected chi connectivity index (χ4v) is 3.24. The molecule has 0 aliphatic heterocycles. The summed E-state index contributed by atoms with van der Waals surface area (Å²) in [5.41, 5.74) is 2.85. The van der Waals surface area contributed by atoms with Crippen molar-refractivity contribution in [2.45, 2.75) is 31.5 Å². The van der Waals surface area contributed by atoms with Crippen LogP contribution in [0.5, 0.6) is 0 Å². The molecule has 3 atom stereocenters. The van der Waals surface area contributed by atoms with Gasteiger partial charge < -0.3 is 5.11 Å². The molecule has 0 heterocycles. The third-order valence-corrected chi connectivity index (χ3v) is 4.66. The maximum Gasteiger partial charge on any atom is 0.127 e. The number of benzene rings is 2. The lowest BCUT2D eigenvalue weighted by Crippen LogP contribution is -2.37. The molecule has 21 heavy (non-hydrogen) atoms. The summed E-state index contributed by atoms with van der Waals surface area (Å²) in [6, 6.07) is 14.7.